The van der Waals surface area contributed by atoms with Gasteiger partial charge >= 0.3 is 6.03 Å². The van der Waals surface area contributed by atoms with Crippen LogP contribution in [0.25, 0.3) is 0 Å². The maximum absolute atomic E-state index is 12.2. The molecule has 1 fully saturated rings. The highest BCUT2D eigenvalue weighted by molar-refractivity contribution is 5.74. The first-order chi connectivity index (χ1) is 11.5. The fourth-order valence-electron chi connectivity index (χ4n) is 2.80. The first-order valence-corrected chi connectivity index (χ1v) is 9.00. The van der Waals surface area contributed by atoms with E-state index in [4.69, 9.17) is 4.74 Å². The van der Waals surface area contributed by atoms with Crippen molar-refractivity contribution in [3.63, 3.8) is 0 Å². The molecule has 1 N–H and O–H groups in total. The van der Waals surface area contributed by atoms with Crippen molar-refractivity contribution in [1.82, 2.24) is 10.2 Å². The molecule has 0 unspecified atom stereocenters. The molecule has 1 aliphatic heterocycles. The molecular weight excluding hydrogens is 302 g/mol. The molecule has 1 aliphatic rings. The summed E-state index contributed by atoms with van der Waals surface area (Å²) in [6.07, 6.45) is 1.17. The molecule has 0 saturated carbocycles. The van der Waals surface area contributed by atoms with Gasteiger partial charge in [0.15, 0.2) is 0 Å². The molecule has 1 aromatic carbocycles. The normalized spacial score (nSPS) is 15.1. The first-order valence-electron chi connectivity index (χ1n) is 9.00. The van der Waals surface area contributed by atoms with Crippen LogP contribution in [-0.2, 0) is 0 Å². The van der Waals surface area contributed by atoms with Crippen LogP contribution in [-0.4, -0.2) is 49.8 Å². The Morgan fingerprint density at radius 1 is 1.12 bits per heavy atom. The van der Waals surface area contributed by atoms with E-state index in [-0.39, 0.29) is 12.1 Å². The summed E-state index contributed by atoms with van der Waals surface area (Å²) in [5.74, 6) is 1.53. The number of hydrogen-bond acceptors (Lipinski definition) is 3. The van der Waals surface area contributed by atoms with Crippen molar-refractivity contribution in [2.45, 2.75) is 40.2 Å². The third kappa shape index (κ3) is 5.32. The highest BCUT2D eigenvalue weighted by Crippen LogP contribution is 2.29. The number of carbonyl (C=O) groups is 1. The van der Waals surface area contributed by atoms with Gasteiger partial charge in [0.2, 0.25) is 0 Å². The Bertz CT molecular complexity index is 523. The van der Waals surface area contributed by atoms with Gasteiger partial charge in [0.1, 0.15) is 5.75 Å². The molecule has 0 radical (unpaired) electrons. The van der Waals surface area contributed by atoms with Gasteiger partial charge < -0.3 is 19.9 Å². The fourth-order valence-corrected chi connectivity index (χ4v) is 2.80. The lowest BCUT2D eigenvalue weighted by molar-refractivity contribution is 0.193. The molecule has 1 heterocycles. The SMILES string of the molecule is CC(C)CCNC(=O)N1CCN(c2ccccc2OC(C)C)CC1. The van der Waals surface area contributed by atoms with E-state index in [1.807, 2.05) is 36.9 Å². The van der Waals surface area contributed by atoms with Gasteiger partial charge in [-0.1, -0.05) is 26.0 Å². The summed E-state index contributed by atoms with van der Waals surface area (Å²) in [6.45, 7) is 12.3. The van der Waals surface area contributed by atoms with Gasteiger partial charge in [0.05, 0.1) is 11.8 Å². The zero-order valence-corrected chi connectivity index (χ0v) is 15.4. The third-order valence-corrected chi connectivity index (χ3v) is 4.13. The molecule has 0 atom stereocenters. The van der Waals surface area contributed by atoms with E-state index >= 15 is 0 Å². The zero-order chi connectivity index (χ0) is 17.5. The highest BCUT2D eigenvalue weighted by Gasteiger charge is 2.22. The largest absolute Gasteiger partial charge is 0.489 e. The topological polar surface area (TPSA) is 44.8 Å². The van der Waals surface area contributed by atoms with E-state index in [2.05, 4.69) is 30.1 Å². The molecule has 134 valence electrons. The van der Waals surface area contributed by atoms with Crippen LogP contribution in [0, 0.1) is 5.92 Å². The Morgan fingerprint density at radius 3 is 2.42 bits per heavy atom. The minimum absolute atomic E-state index is 0.0574. The van der Waals surface area contributed by atoms with Crippen molar-refractivity contribution in [3.05, 3.63) is 24.3 Å². The third-order valence-electron chi connectivity index (χ3n) is 4.13. The molecule has 2 amide bonds. The molecule has 1 saturated heterocycles. The van der Waals surface area contributed by atoms with E-state index in [0.717, 1.165) is 50.6 Å². The minimum atomic E-state index is 0.0574. The van der Waals surface area contributed by atoms with Crippen LogP contribution in [0.1, 0.15) is 34.1 Å². The molecule has 5 heteroatoms. The molecule has 0 aromatic heterocycles. The fraction of sp³-hybridized carbons (Fsp3) is 0.632. The smallest absolute Gasteiger partial charge is 0.317 e. The number of para-hydroxylation sites is 2. The second kappa shape index (κ2) is 8.81. The summed E-state index contributed by atoms with van der Waals surface area (Å²) >= 11 is 0. The van der Waals surface area contributed by atoms with Crippen LogP contribution >= 0.6 is 0 Å². The molecule has 1 aromatic rings. The molecule has 24 heavy (non-hydrogen) atoms. The number of ether oxygens (including phenoxy) is 1. The van der Waals surface area contributed by atoms with Gasteiger partial charge in [-0.3, -0.25) is 0 Å². The second-order valence-electron chi connectivity index (χ2n) is 7.02. The van der Waals surface area contributed by atoms with E-state index in [1.54, 1.807) is 0 Å². The lowest BCUT2D eigenvalue weighted by Crippen LogP contribution is -2.52. The molecule has 2 rings (SSSR count). The van der Waals surface area contributed by atoms with Crippen molar-refractivity contribution in [2.24, 2.45) is 5.92 Å². The summed E-state index contributed by atoms with van der Waals surface area (Å²) in [4.78, 5) is 16.4. The van der Waals surface area contributed by atoms with Crippen LogP contribution in [0.15, 0.2) is 24.3 Å². The van der Waals surface area contributed by atoms with Crippen molar-refractivity contribution >= 4 is 11.7 Å². The molecule has 5 nitrogen and oxygen atoms in total. The second-order valence-corrected chi connectivity index (χ2v) is 7.02. The van der Waals surface area contributed by atoms with E-state index in [0.29, 0.717) is 5.92 Å². The first kappa shape index (κ1) is 18.4. The Labute approximate surface area is 146 Å². The number of benzene rings is 1. The van der Waals surface area contributed by atoms with E-state index in [1.165, 1.54) is 0 Å². The van der Waals surface area contributed by atoms with Crippen LogP contribution in [0.3, 0.4) is 0 Å². The average Bonchev–Trinajstić information content (AvgIpc) is 2.54. The van der Waals surface area contributed by atoms with Gasteiger partial charge in [-0.15, -0.1) is 0 Å². The predicted molar refractivity (Wildman–Crippen MR) is 98.8 cm³/mol. The molecule has 0 aliphatic carbocycles. The van der Waals surface area contributed by atoms with Gasteiger partial charge in [0.25, 0.3) is 0 Å². The Morgan fingerprint density at radius 2 is 1.79 bits per heavy atom. The lowest BCUT2D eigenvalue weighted by Gasteiger charge is -2.36. The Hall–Kier alpha value is -1.91. The summed E-state index contributed by atoms with van der Waals surface area (Å²) in [5.41, 5.74) is 1.12. The molecule has 0 bridgehead atoms. The van der Waals surface area contributed by atoms with Gasteiger partial charge in [-0.05, 0) is 38.3 Å². The number of anilines is 1. The van der Waals surface area contributed by atoms with Crippen LogP contribution < -0.4 is 15.0 Å². The van der Waals surface area contributed by atoms with Gasteiger partial charge in [-0.2, -0.15) is 0 Å². The van der Waals surface area contributed by atoms with Gasteiger partial charge in [0, 0.05) is 32.7 Å². The van der Waals surface area contributed by atoms with Crippen LogP contribution in [0.5, 0.6) is 5.75 Å². The Kier molecular flexibility index (Phi) is 6.76. The van der Waals surface area contributed by atoms with Gasteiger partial charge in [-0.25, -0.2) is 4.79 Å². The quantitative estimate of drug-likeness (QED) is 0.868. The predicted octanol–water partition coefficient (Wildman–Crippen LogP) is 3.35. The standard InChI is InChI=1S/C19H31N3O2/c1-15(2)9-10-20-19(23)22-13-11-21(12-14-22)17-7-5-6-8-18(17)24-16(3)4/h5-8,15-16H,9-14H2,1-4H3,(H,20,23). The van der Waals surface area contributed by atoms with Crippen LogP contribution in [0.2, 0.25) is 0 Å². The number of amides is 2. The number of urea groups is 1. The number of piperazine rings is 1. The monoisotopic (exact) mass is 333 g/mol. The maximum atomic E-state index is 12.2. The minimum Gasteiger partial charge on any atom is -0.489 e. The number of rotatable bonds is 6. The number of carbonyl (C=O) groups excluding carboxylic acids is 1. The summed E-state index contributed by atoms with van der Waals surface area (Å²) in [6, 6.07) is 8.20. The summed E-state index contributed by atoms with van der Waals surface area (Å²) in [7, 11) is 0. The number of nitrogens with one attached hydrogen (secondary N) is 1. The number of nitrogens with zero attached hydrogens (tertiary/aromatic N) is 2. The lowest BCUT2D eigenvalue weighted by atomic mass is 10.1. The van der Waals surface area contributed by atoms with E-state index < -0.39 is 0 Å². The van der Waals surface area contributed by atoms with Crippen molar-refractivity contribution in [1.29, 1.82) is 0 Å². The zero-order valence-electron chi connectivity index (χ0n) is 15.4. The Balaban J connectivity index is 1.88. The maximum Gasteiger partial charge on any atom is 0.317 e. The van der Waals surface area contributed by atoms with Crippen molar-refractivity contribution in [3.8, 4) is 5.75 Å². The van der Waals surface area contributed by atoms with Crippen LogP contribution in [0.4, 0.5) is 10.5 Å². The van der Waals surface area contributed by atoms with E-state index in [9.17, 15) is 4.79 Å². The summed E-state index contributed by atoms with van der Waals surface area (Å²) < 4.78 is 5.91. The average molecular weight is 333 g/mol. The number of hydrogen-bond donors (Lipinski definition) is 1. The molecular formula is C19H31N3O2. The summed E-state index contributed by atoms with van der Waals surface area (Å²) in [5, 5.41) is 3.02. The van der Waals surface area contributed by atoms with Crippen molar-refractivity contribution in [2.75, 3.05) is 37.6 Å². The van der Waals surface area contributed by atoms with Crippen molar-refractivity contribution < 1.29 is 9.53 Å². The molecule has 0 spiro atoms. The highest BCUT2D eigenvalue weighted by atomic mass is 16.5.